The summed E-state index contributed by atoms with van der Waals surface area (Å²) < 4.78 is 42.9. The Labute approximate surface area is 144 Å². The number of halogens is 3. The molecule has 0 aromatic carbocycles. The lowest BCUT2D eigenvalue weighted by atomic mass is 9.80. The number of aliphatic hydroxyl groups excluding tert-OH is 1. The maximum atomic E-state index is 12.5. The first-order valence-corrected chi connectivity index (χ1v) is 9.14. The first-order chi connectivity index (χ1) is 11.8. The standard InChI is InChI=1S/C17H24F3N3O2/c18-17(19,20)7-13(24)9-23-8-12-2-1-5-16(12,10-23)15-21-14(22-25-15)6-11-3-4-11/h11-13,24H,1-10H2/t12-,13?,16-/m1/s1. The van der Waals surface area contributed by atoms with E-state index in [2.05, 4.69) is 10.1 Å². The number of nitrogens with zero attached hydrogens (tertiary/aromatic N) is 3. The van der Waals surface area contributed by atoms with E-state index in [-0.39, 0.29) is 12.0 Å². The molecule has 1 aromatic heterocycles. The summed E-state index contributed by atoms with van der Waals surface area (Å²) in [7, 11) is 0. The van der Waals surface area contributed by atoms with Gasteiger partial charge in [0.15, 0.2) is 5.82 Å². The SMILES string of the molecule is OC(CN1C[C@H]2CCC[C@@]2(c2nc(CC3CC3)no2)C1)CC(F)(F)F. The van der Waals surface area contributed by atoms with Crippen molar-refractivity contribution in [2.75, 3.05) is 19.6 Å². The highest BCUT2D eigenvalue weighted by Gasteiger charge is 2.54. The van der Waals surface area contributed by atoms with Crippen molar-refractivity contribution in [1.29, 1.82) is 0 Å². The highest BCUT2D eigenvalue weighted by atomic mass is 19.4. The van der Waals surface area contributed by atoms with Crippen LogP contribution in [0.25, 0.3) is 0 Å². The van der Waals surface area contributed by atoms with Crippen molar-refractivity contribution in [2.24, 2.45) is 11.8 Å². The van der Waals surface area contributed by atoms with Gasteiger partial charge in [0.05, 0.1) is 17.9 Å². The normalized spacial score (nSPS) is 31.4. The molecule has 2 heterocycles. The van der Waals surface area contributed by atoms with E-state index in [9.17, 15) is 18.3 Å². The molecule has 0 amide bonds. The zero-order valence-corrected chi connectivity index (χ0v) is 14.1. The van der Waals surface area contributed by atoms with Gasteiger partial charge in [0, 0.05) is 26.1 Å². The molecule has 1 aromatic rings. The van der Waals surface area contributed by atoms with E-state index >= 15 is 0 Å². The van der Waals surface area contributed by atoms with Crippen LogP contribution in [0.1, 0.15) is 50.2 Å². The Bertz CT molecular complexity index is 617. The third-order valence-corrected chi connectivity index (χ3v) is 5.94. The van der Waals surface area contributed by atoms with Crippen LogP contribution in [-0.2, 0) is 11.8 Å². The minimum Gasteiger partial charge on any atom is -0.391 e. The Morgan fingerprint density at radius 2 is 2.12 bits per heavy atom. The van der Waals surface area contributed by atoms with E-state index in [1.807, 2.05) is 4.90 Å². The molecule has 0 bridgehead atoms. The number of alkyl halides is 3. The van der Waals surface area contributed by atoms with Gasteiger partial charge in [0.2, 0.25) is 5.89 Å². The van der Waals surface area contributed by atoms with Crippen LogP contribution >= 0.6 is 0 Å². The minimum absolute atomic E-state index is 0.0425. The second-order valence-electron chi connectivity index (χ2n) is 8.08. The van der Waals surface area contributed by atoms with E-state index in [1.165, 1.54) is 12.8 Å². The van der Waals surface area contributed by atoms with Crippen molar-refractivity contribution < 1.29 is 22.8 Å². The van der Waals surface area contributed by atoms with Gasteiger partial charge in [0.25, 0.3) is 0 Å². The molecular formula is C17H24F3N3O2. The molecule has 1 saturated heterocycles. The predicted molar refractivity (Wildman–Crippen MR) is 82.9 cm³/mol. The van der Waals surface area contributed by atoms with Gasteiger partial charge >= 0.3 is 6.18 Å². The maximum absolute atomic E-state index is 12.5. The molecule has 1 N–H and O–H groups in total. The summed E-state index contributed by atoms with van der Waals surface area (Å²) in [5.74, 6) is 2.41. The second kappa shape index (κ2) is 6.23. The van der Waals surface area contributed by atoms with Crippen LogP contribution < -0.4 is 0 Å². The molecule has 2 saturated carbocycles. The molecule has 0 radical (unpaired) electrons. The molecule has 4 rings (SSSR count). The van der Waals surface area contributed by atoms with Gasteiger partial charge in [-0.2, -0.15) is 18.2 Å². The molecule has 1 aliphatic heterocycles. The van der Waals surface area contributed by atoms with Crippen LogP contribution in [0, 0.1) is 11.8 Å². The van der Waals surface area contributed by atoms with Crippen LogP contribution in [0.15, 0.2) is 4.52 Å². The van der Waals surface area contributed by atoms with E-state index in [0.717, 1.165) is 31.5 Å². The molecule has 1 unspecified atom stereocenters. The summed E-state index contributed by atoms with van der Waals surface area (Å²) in [6, 6.07) is 0. The maximum Gasteiger partial charge on any atom is 0.391 e. The smallest absolute Gasteiger partial charge is 0.391 e. The Morgan fingerprint density at radius 3 is 2.84 bits per heavy atom. The fourth-order valence-electron chi connectivity index (χ4n) is 4.63. The van der Waals surface area contributed by atoms with E-state index in [4.69, 9.17) is 4.52 Å². The Morgan fingerprint density at radius 1 is 1.32 bits per heavy atom. The minimum atomic E-state index is -4.34. The zero-order chi connectivity index (χ0) is 17.7. The molecule has 3 fully saturated rings. The number of hydrogen-bond acceptors (Lipinski definition) is 5. The lowest BCUT2D eigenvalue weighted by Gasteiger charge is -2.25. The van der Waals surface area contributed by atoms with E-state index in [0.29, 0.717) is 30.8 Å². The molecule has 8 heteroatoms. The quantitative estimate of drug-likeness (QED) is 0.846. The summed E-state index contributed by atoms with van der Waals surface area (Å²) in [4.78, 5) is 6.57. The number of likely N-dealkylation sites (tertiary alicyclic amines) is 1. The van der Waals surface area contributed by atoms with E-state index in [1.54, 1.807) is 0 Å². The van der Waals surface area contributed by atoms with Crippen molar-refractivity contribution in [1.82, 2.24) is 15.0 Å². The number of aromatic nitrogens is 2. The number of rotatable bonds is 6. The Hall–Kier alpha value is -1.15. The highest BCUT2D eigenvalue weighted by Crippen LogP contribution is 2.50. The predicted octanol–water partition coefficient (Wildman–Crippen LogP) is 2.69. The summed E-state index contributed by atoms with van der Waals surface area (Å²) in [6.07, 6.45) is -0.554. The molecule has 3 atom stereocenters. The first-order valence-electron chi connectivity index (χ1n) is 9.14. The van der Waals surface area contributed by atoms with Gasteiger partial charge in [-0.1, -0.05) is 11.6 Å². The fraction of sp³-hybridized carbons (Fsp3) is 0.882. The summed E-state index contributed by atoms with van der Waals surface area (Å²) >= 11 is 0. The van der Waals surface area contributed by atoms with Crippen molar-refractivity contribution in [2.45, 2.75) is 62.6 Å². The molecule has 2 aliphatic carbocycles. The molecule has 3 aliphatic rings. The average Bonchev–Trinajstić information content (AvgIpc) is 2.89. The lowest BCUT2D eigenvalue weighted by molar-refractivity contribution is -0.155. The lowest BCUT2D eigenvalue weighted by Crippen LogP contribution is -2.36. The highest BCUT2D eigenvalue weighted by molar-refractivity contribution is 5.17. The van der Waals surface area contributed by atoms with Crippen LogP contribution in [0.5, 0.6) is 0 Å². The molecule has 140 valence electrons. The van der Waals surface area contributed by atoms with Gasteiger partial charge < -0.3 is 9.63 Å². The van der Waals surface area contributed by atoms with Crippen molar-refractivity contribution >= 4 is 0 Å². The van der Waals surface area contributed by atoms with Gasteiger partial charge in [-0.05, 0) is 37.5 Å². The molecular weight excluding hydrogens is 335 g/mol. The molecule has 5 nitrogen and oxygen atoms in total. The average molecular weight is 359 g/mol. The van der Waals surface area contributed by atoms with Gasteiger partial charge in [-0.25, -0.2) is 0 Å². The molecule has 25 heavy (non-hydrogen) atoms. The monoisotopic (exact) mass is 359 g/mol. The van der Waals surface area contributed by atoms with Gasteiger partial charge in [0.1, 0.15) is 0 Å². The zero-order valence-electron chi connectivity index (χ0n) is 14.1. The summed E-state index contributed by atoms with van der Waals surface area (Å²) in [5.41, 5.74) is -0.243. The van der Waals surface area contributed by atoms with Gasteiger partial charge in [-0.3, -0.25) is 4.90 Å². The van der Waals surface area contributed by atoms with Crippen molar-refractivity contribution in [3.05, 3.63) is 11.7 Å². The van der Waals surface area contributed by atoms with Crippen LogP contribution in [0.3, 0.4) is 0 Å². The van der Waals surface area contributed by atoms with E-state index < -0.39 is 18.7 Å². The summed E-state index contributed by atoms with van der Waals surface area (Å²) in [5, 5.41) is 13.9. The first kappa shape index (κ1) is 17.3. The Kier molecular flexibility index (Phi) is 4.30. The number of hydrogen-bond donors (Lipinski definition) is 1. The van der Waals surface area contributed by atoms with Gasteiger partial charge in [-0.15, -0.1) is 0 Å². The third kappa shape index (κ3) is 3.69. The fourth-order valence-corrected chi connectivity index (χ4v) is 4.63. The van der Waals surface area contributed by atoms with Crippen molar-refractivity contribution in [3.63, 3.8) is 0 Å². The molecule has 0 spiro atoms. The third-order valence-electron chi connectivity index (χ3n) is 5.94. The van der Waals surface area contributed by atoms with Crippen molar-refractivity contribution in [3.8, 4) is 0 Å². The Balaban J connectivity index is 1.44. The van der Waals surface area contributed by atoms with Crippen LogP contribution in [0.2, 0.25) is 0 Å². The summed E-state index contributed by atoms with van der Waals surface area (Å²) in [6.45, 7) is 1.33. The topological polar surface area (TPSA) is 62.4 Å². The number of aliphatic hydroxyl groups is 1. The van der Waals surface area contributed by atoms with Crippen LogP contribution in [-0.4, -0.2) is 52.1 Å². The number of fused-ring (bicyclic) bond motifs is 1. The largest absolute Gasteiger partial charge is 0.391 e. The second-order valence-corrected chi connectivity index (χ2v) is 8.08. The number of β-amino-alcohol motifs (C(OH)–C–C–N with tert-alkyl or cyclic N) is 1. The van der Waals surface area contributed by atoms with Crippen LogP contribution in [0.4, 0.5) is 13.2 Å².